The zero-order valence-corrected chi connectivity index (χ0v) is 31.4. The minimum atomic E-state index is -0.545. The molecule has 0 saturated carbocycles. The summed E-state index contributed by atoms with van der Waals surface area (Å²) in [7, 11) is 0. The van der Waals surface area contributed by atoms with Crippen LogP contribution in [0.2, 0.25) is 0 Å². The molecule has 11 rings (SSSR count). The van der Waals surface area contributed by atoms with Crippen LogP contribution < -0.4 is 0 Å². The fraction of sp³-hybridized carbons (Fsp3) is 0.0175. The summed E-state index contributed by atoms with van der Waals surface area (Å²) in [6.07, 6.45) is 0. The number of benzene rings is 10. The van der Waals surface area contributed by atoms with E-state index in [9.17, 15) is 0 Å². The minimum absolute atomic E-state index is 0.545. The highest BCUT2D eigenvalue weighted by molar-refractivity contribution is 6.10. The largest absolute Gasteiger partial charge is 0.0714 e. The number of fused-ring (bicyclic) bond motifs is 6. The molecule has 57 heavy (non-hydrogen) atoms. The van der Waals surface area contributed by atoms with Crippen LogP contribution >= 0.6 is 0 Å². The summed E-state index contributed by atoms with van der Waals surface area (Å²) < 4.78 is 0. The molecule has 0 unspecified atom stereocenters. The quantitative estimate of drug-likeness (QED) is 0.160. The monoisotopic (exact) mass is 722 g/mol. The van der Waals surface area contributed by atoms with Crippen molar-refractivity contribution in [1.82, 2.24) is 0 Å². The molecule has 1 aliphatic carbocycles. The SMILES string of the molecule is c1ccc(-c2ccc(-c3cc4c(c5ccccc35)-c3ccc(-c5ccc(-c6ccc7ccccc7c6)cc5)cc3C4(c3ccccc3)c3ccccc3)cc2)cc1. The maximum Gasteiger partial charge on any atom is 0.0714 e. The summed E-state index contributed by atoms with van der Waals surface area (Å²) in [6, 6.07) is 85.2. The predicted molar refractivity (Wildman–Crippen MR) is 241 cm³/mol. The average Bonchev–Trinajstić information content (AvgIpc) is 3.60. The molecule has 1 aliphatic rings. The molecular weight excluding hydrogens is 685 g/mol. The van der Waals surface area contributed by atoms with Gasteiger partial charge in [-0.05, 0) is 118 Å². The van der Waals surface area contributed by atoms with Crippen LogP contribution in [0.15, 0.2) is 231 Å². The van der Waals surface area contributed by atoms with Gasteiger partial charge in [0.25, 0.3) is 0 Å². The van der Waals surface area contributed by atoms with Crippen LogP contribution in [0.4, 0.5) is 0 Å². The van der Waals surface area contributed by atoms with Gasteiger partial charge < -0.3 is 0 Å². The van der Waals surface area contributed by atoms with E-state index in [2.05, 4.69) is 231 Å². The Labute approximate surface area is 334 Å². The van der Waals surface area contributed by atoms with Gasteiger partial charge in [0.2, 0.25) is 0 Å². The maximum absolute atomic E-state index is 2.51. The maximum atomic E-state index is 2.51. The zero-order valence-electron chi connectivity index (χ0n) is 31.4. The van der Waals surface area contributed by atoms with Crippen LogP contribution in [0.25, 0.3) is 77.2 Å². The molecule has 0 atom stereocenters. The van der Waals surface area contributed by atoms with Crippen molar-refractivity contribution in [2.45, 2.75) is 5.41 Å². The average molecular weight is 723 g/mol. The Kier molecular flexibility index (Phi) is 7.83. The highest BCUT2D eigenvalue weighted by Crippen LogP contribution is 2.59. The number of hydrogen-bond acceptors (Lipinski definition) is 0. The third-order valence-corrected chi connectivity index (χ3v) is 12.2. The Morgan fingerprint density at radius 3 is 1.35 bits per heavy atom. The normalized spacial score (nSPS) is 12.7. The predicted octanol–water partition coefficient (Wildman–Crippen LogP) is 15.0. The van der Waals surface area contributed by atoms with Gasteiger partial charge in [-0.3, -0.25) is 0 Å². The van der Waals surface area contributed by atoms with Crippen LogP contribution in [-0.2, 0) is 5.41 Å². The first-order valence-corrected chi connectivity index (χ1v) is 19.8. The van der Waals surface area contributed by atoms with Gasteiger partial charge >= 0.3 is 0 Å². The minimum Gasteiger partial charge on any atom is -0.0622 e. The first-order chi connectivity index (χ1) is 28.3. The van der Waals surface area contributed by atoms with Crippen molar-refractivity contribution in [3.63, 3.8) is 0 Å². The molecular formula is C57H38. The van der Waals surface area contributed by atoms with Gasteiger partial charge in [-0.25, -0.2) is 0 Å². The Morgan fingerprint density at radius 2 is 0.702 bits per heavy atom. The third kappa shape index (κ3) is 5.37. The van der Waals surface area contributed by atoms with Gasteiger partial charge in [0.15, 0.2) is 0 Å². The van der Waals surface area contributed by atoms with Crippen molar-refractivity contribution >= 4 is 21.5 Å². The molecule has 0 aliphatic heterocycles. The molecule has 0 N–H and O–H groups in total. The lowest BCUT2D eigenvalue weighted by molar-refractivity contribution is 0.769. The van der Waals surface area contributed by atoms with Crippen LogP contribution in [0.1, 0.15) is 22.3 Å². The van der Waals surface area contributed by atoms with Gasteiger partial charge in [0.1, 0.15) is 0 Å². The first kappa shape index (κ1) is 33.1. The smallest absolute Gasteiger partial charge is 0.0622 e. The molecule has 0 nitrogen and oxygen atoms in total. The van der Waals surface area contributed by atoms with Gasteiger partial charge in [-0.1, -0.05) is 212 Å². The summed E-state index contributed by atoms with van der Waals surface area (Å²) >= 11 is 0. The van der Waals surface area contributed by atoms with E-state index in [0.717, 1.165) is 0 Å². The van der Waals surface area contributed by atoms with E-state index < -0.39 is 5.41 Å². The fourth-order valence-corrected chi connectivity index (χ4v) is 9.46. The van der Waals surface area contributed by atoms with Gasteiger partial charge in [-0.2, -0.15) is 0 Å². The van der Waals surface area contributed by atoms with Crippen LogP contribution in [0.3, 0.4) is 0 Å². The molecule has 0 radical (unpaired) electrons. The lowest BCUT2D eigenvalue weighted by atomic mass is 9.67. The van der Waals surface area contributed by atoms with E-state index in [0.29, 0.717) is 0 Å². The molecule has 0 heterocycles. The summed E-state index contributed by atoms with van der Waals surface area (Å²) in [5, 5.41) is 5.06. The third-order valence-electron chi connectivity index (χ3n) is 12.2. The van der Waals surface area contributed by atoms with Crippen molar-refractivity contribution in [1.29, 1.82) is 0 Å². The molecule has 0 saturated heterocycles. The molecule has 10 aromatic rings. The van der Waals surface area contributed by atoms with Crippen molar-refractivity contribution in [3.8, 4) is 55.6 Å². The summed E-state index contributed by atoms with van der Waals surface area (Å²) in [6.45, 7) is 0. The summed E-state index contributed by atoms with van der Waals surface area (Å²) in [5.74, 6) is 0. The lowest BCUT2D eigenvalue weighted by Gasteiger charge is -2.34. The molecule has 0 fully saturated rings. The molecule has 0 aromatic heterocycles. The highest BCUT2D eigenvalue weighted by Gasteiger charge is 2.47. The van der Waals surface area contributed by atoms with E-state index in [1.165, 1.54) is 99.4 Å². The summed E-state index contributed by atoms with van der Waals surface area (Å²) in [5.41, 5.74) is 17.0. The van der Waals surface area contributed by atoms with Gasteiger partial charge in [0, 0.05) is 0 Å². The molecule has 0 spiro atoms. The van der Waals surface area contributed by atoms with Gasteiger partial charge in [-0.15, -0.1) is 0 Å². The molecule has 266 valence electrons. The van der Waals surface area contributed by atoms with E-state index >= 15 is 0 Å². The Hall–Kier alpha value is -7.28. The van der Waals surface area contributed by atoms with Crippen LogP contribution in [0.5, 0.6) is 0 Å². The van der Waals surface area contributed by atoms with Crippen molar-refractivity contribution in [3.05, 3.63) is 253 Å². The second-order valence-electron chi connectivity index (χ2n) is 15.2. The van der Waals surface area contributed by atoms with E-state index in [4.69, 9.17) is 0 Å². The van der Waals surface area contributed by atoms with Gasteiger partial charge in [0.05, 0.1) is 5.41 Å². The molecule has 0 heteroatoms. The highest BCUT2D eigenvalue weighted by atomic mass is 14.5. The number of hydrogen-bond donors (Lipinski definition) is 0. The Balaban J connectivity index is 1.12. The Morgan fingerprint density at radius 1 is 0.246 bits per heavy atom. The molecule has 0 amide bonds. The Bertz CT molecular complexity index is 3030. The van der Waals surface area contributed by atoms with E-state index in [1.54, 1.807) is 0 Å². The lowest BCUT2D eigenvalue weighted by Crippen LogP contribution is -2.28. The topological polar surface area (TPSA) is 0 Å². The molecule has 10 aromatic carbocycles. The van der Waals surface area contributed by atoms with E-state index in [1.807, 2.05) is 0 Å². The zero-order chi connectivity index (χ0) is 37.8. The second kappa shape index (κ2) is 13.5. The van der Waals surface area contributed by atoms with Crippen LogP contribution in [0, 0.1) is 0 Å². The number of rotatable bonds is 6. The van der Waals surface area contributed by atoms with Crippen molar-refractivity contribution < 1.29 is 0 Å². The molecule has 0 bridgehead atoms. The first-order valence-electron chi connectivity index (χ1n) is 19.8. The fourth-order valence-electron chi connectivity index (χ4n) is 9.46. The van der Waals surface area contributed by atoms with E-state index in [-0.39, 0.29) is 0 Å². The standard InChI is InChI=1S/C57H38/c1-4-14-39(15-5-1)41-28-31-44(32-29-41)53-38-55-56(51-23-13-12-22-50(51)53)52-35-34-47(37-54(52)57(55,48-18-6-2-7-19-48)49-20-8-3-9-21-49)43-26-24-42(25-27-43)46-33-30-40-16-10-11-17-45(40)36-46/h1-38H. The van der Waals surface area contributed by atoms with Crippen molar-refractivity contribution in [2.75, 3.05) is 0 Å². The van der Waals surface area contributed by atoms with Crippen LogP contribution in [-0.4, -0.2) is 0 Å². The van der Waals surface area contributed by atoms with Crippen molar-refractivity contribution in [2.24, 2.45) is 0 Å². The second-order valence-corrected chi connectivity index (χ2v) is 15.2. The summed E-state index contributed by atoms with van der Waals surface area (Å²) in [4.78, 5) is 0.